The number of hydrogen-bond donors (Lipinski definition) is 2. The third kappa shape index (κ3) is 4.57. The normalized spacial score (nSPS) is 14.7. The number of hydrogen-bond acceptors (Lipinski definition) is 2. The van der Waals surface area contributed by atoms with E-state index in [0.717, 1.165) is 23.5 Å². The highest BCUT2D eigenvalue weighted by Crippen LogP contribution is 2.16. The average molecular weight is 309 g/mol. The smallest absolute Gasteiger partial charge is 0.308 e. The van der Waals surface area contributed by atoms with E-state index in [0.29, 0.717) is 0 Å². The maximum absolute atomic E-state index is 12.0. The first-order valence-electron chi connectivity index (χ1n) is 8.15. The molecule has 23 heavy (non-hydrogen) atoms. The molecule has 0 unspecified atom stereocenters. The van der Waals surface area contributed by atoms with Crippen LogP contribution < -0.4 is 10.6 Å². The van der Waals surface area contributed by atoms with Crippen molar-refractivity contribution in [2.75, 3.05) is 23.7 Å². The van der Waals surface area contributed by atoms with E-state index in [2.05, 4.69) is 27.7 Å². The monoisotopic (exact) mass is 309 g/mol. The van der Waals surface area contributed by atoms with Crippen molar-refractivity contribution in [3.05, 3.63) is 59.7 Å². The molecule has 4 heteroatoms. The first kappa shape index (κ1) is 15.6. The predicted octanol–water partition coefficient (Wildman–Crippen LogP) is 4.23. The second kappa shape index (κ2) is 7.29. The number of aryl methyl sites for hydroxylation is 1. The molecule has 120 valence electrons. The number of likely N-dealkylation sites (tertiary alicyclic amines) is 1. The van der Waals surface area contributed by atoms with E-state index in [9.17, 15) is 4.79 Å². The van der Waals surface area contributed by atoms with Crippen molar-refractivity contribution in [2.45, 2.75) is 26.3 Å². The molecule has 2 N–H and O–H groups in total. The van der Waals surface area contributed by atoms with Crippen LogP contribution in [-0.2, 0) is 6.54 Å². The number of nitrogens with one attached hydrogen (secondary N) is 2. The minimum Gasteiger partial charge on any atom is -0.308 e. The van der Waals surface area contributed by atoms with Gasteiger partial charge in [0.05, 0.1) is 0 Å². The molecule has 0 radical (unpaired) electrons. The summed E-state index contributed by atoms with van der Waals surface area (Å²) in [4.78, 5) is 14.5. The van der Waals surface area contributed by atoms with Gasteiger partial charge in [0.1, 0.15) is 0 Å². The lowest BCUT2D eigenvalue weighted by Crippen LogP contribution is -2.20. The van der Waals surface area contributed by atoms with Crippen LogP contribution in [0.25, 0.3) is 0 Å². The van der Waals surface area contributed by atoms with Crippen molar-refractivity contribution in [3.8, 4) is 0 Å². The summed E-state index contributed by atoms with van der Waals surface area (Å²) in [5, 5.41) is 5.71. The van der Waals surface area contributed by atoms with Crippen molar-refractivity contribution in [2.24, 2.45) is 0 Å². The Hall–Kier alpha value is -2.33. The molecule has 1 saturated heterocycles. The first-order chi connectivity index (χ1) is 11.2. The van der Waals surface area contributed by atoms with Crippen LogP contribution in [0, 0.1) is 6.92 Å². The SMILES string of the molecule is Cc1cccc(NC(=O)Nc2ccc(CN3CCCC3)cc2)c1. The lowest BCUT2D eigenvalue weighted by atomic mass is 10.2. The topological polar surface area (TPSA) is 44.4 Å². The number of rotatable bonds is 4. The molecule has 0 spiro atoms. The highest BCUT2D eigenvalue weighted by molar-refractivity contribution is 5.99. The Morgan fingerprint density at radius 1 is 1.00 bits per heavy atom. The van der Waals surface area contributed by atoms with E-state index in [1.165, 1.54) is 31.5 Å². The Morgan fingerprint density at radius 2 is 1.70 bits per heavy atom. The molecule has 0 bridgehead atoms. The molecule has 2 amide bonds. The number of amides is 2. The Balaban J connectivity index is 1.54. The number of carbonyl (C=O) groups excluding carboxylic acids is 1. The molecule has 2 aromatic carbocycles. The minimum atomic E-state index is -0.220. The van der Waals surface area contributed by atoms with Crippen LogP contribution in [-0.4, -0.2) is 24.0 Å². The van der Waals surface area contributed by atoms with Crippen LogP contribution in [0.4, 0.5) is 16.2 Å². The van der Waals surface area contributed by atoms with Crippen molar-refractivity contribution in [1.29, 1.82) is 0 Å². The molecule has 2 aromatic rings. The Labute approximate surface area is 137 Å². The Kier molecular flexibility index (Phi) is 4.93. The number of benzene rings is 2. The van der Waals surface area contributed by atoms with Gasteiger partial charge in [-0.05, 0) is 68.2 Å². The quantitative estimate of drug-likeness (QED) is 0.887. The Morgan fingerprint density at radius 3 is 2.39 bits per heavy atom. The second-order valence-corrected chi connectivity index (χ2v) is 6.13. The predicted molar refractivity (Wildman–Crippen MR) is 94.8 cm³/mol. The van der Waals surface area contributed by atoms with E-state index < -0.39 is 0 Å². The van der Waals surface area contributed by atoms with Crippen LogP contribution in [0.2, 0.25) is 0 Å². The first-order valence-corrected chi connectivity index (χ1v) is 8.15. The third-order valence-corrected chi connectivity index (χ3v) is 4.09. The summed E-state index contributed by atoms with van der Waals surface area (Å²) in [5.41, 5.74) is 4.01. The molecule has 3 rings (SSSR count). The molecule has 1 aliphatic heterocycles. The molecule has 0 aliphatic carbocycles. The van der Waals surface area contributed by atoms with E-state index in [-0.39, 0.29) is 6.03 Å². The van der Waals surface area contributed by atoms with Gasteiger partial charge in [0.15, 0.2) is 0 Å². The molecule has 0 atom stereocenters. The number of carbonyl (C=O) groups is 1. The van der Waals surface area contributed by atoms with E-state index >= 15 is 0 Å². The van der Waals surface area contributed by atoms with Crippen LogP contribution in [0.15, 0.2) is 48.5 Å². The molecule has 4 nitrogen and oxygen atoms in total. The fourth-order valence-corrected chi connectivity index (χ4v) is 2.91. The van der Waals surface area contributed by atoms with Crippen LogP contribution in [0.5, 0.6) is 0 Å². The van der Waals surface area contributed by atoms with Gasteiger partial charge in [-0.3, -0.25) is 4.90 Å². The summed E-state index contributed by atoms with van der Waals surface area (Å²) < 4.78 is 0. The van der Waals surface area contributed by atoms with Crippen molar-refractivity contribution < 1.29 is 4.79 Å². The summed E-state index contributed by atoms with van der Waals surface area (Å²) in [6, 6.07) is 15.6. The van der Waals surface area contributed by atoms with Gasteiger partial charge in [-0.2, -0.15) is 0 Å². The Bertz CT molecular complexity index is 661. The maximum atomic E-state index is 12.0. The van der Waals surface area contributed by atoms with Gasteiger partial charge in [-0.1, -0.05) is 24.3 Å². The summed E-state index contributed by atoms with van der Waals surface area (Å²) in [6.07, 6.45) is 2.61. The highest BCUT2D eigenvalue weighted by Gasteiger charge is 2.11. The van der Waals surface area contributed by atoms with Crippen molar-refractivity contribution >= 4 is 17.4 Å². The number of anilines is 2. The number of nitrogens with zero attached hydrogens (tertiary/aromatic N) is 1. The van der Waals surface area contributed by atoms with Gasteiger partial charge in [0, 0.05) is 17.9 Å². The van der Waals surface area contributed by atoms with Crippen molar-refractivity contribution in [3.63, 3.8) is 0 Å². The fourth-order valence-electron chi connectivity index (χ4n) is 2.91. The molecular formula is C19H23N3O. The molecular weight excluding hydrogens is 286 g/mol. The molecule has 1 aliphatic rings. The molecule has 0 saturated carbocycles. The summed E-state index contributed by atoms with van der Waals surface area (Å²) in [7, 11) is 0. The van der Waals surface area contributed by atoms with Gasteiger partial charge in [-0.15, -0.1) is 0 Å². The largest absolute Gasteiger partial charge is 0.323 e. The van der Waals surface area contributed by atoms with Gasteiger partial charge < -0.3 is 10.6 Å². The summed E-state index contributed by atoms with van der Waals surface area (Å²) >= 11 is 0. The standard InChI is InChI=1S/C19H23N3O/c1-15-5-4-6-18(13-15)21-19(23)20-17-9-7-16(8-10-17)14-22-11-2-3-12-22/h4-10,13H,2-3,11-12,14H2,1H3,(H2,20,21,23). The maximum Gasteiger partial charge on any atom is 0.323 e. The zero-order valence-corrected chi connectivity index (χ0v) is 13.5. The average Bonchev–Trinajstić information content (AvgIpc) is 3.02. The third-order valence-electron chi connectivity index (χ3n) is 4.09. The van der Waals surface area contributed by atoms with E-state index in [4.69, 9.17) is 0 Å². The van der Waals surface area contributed by atoms with Gasteiger partial charge >= 0.3 is 6.03 Å². The molecule has 1 heterocycles. The zero-order chi connectivity index (χ0) is 16.1. The number of urea groups is 1. The van der Waals surface area contributed by atoms with Gasteiger partial charge in [0.25, 0.3) is 0 Å². The van der Waals surface area contributed by atoms with Crippen molar-refractivity contribution in [1.82, 2.24) is 4.90 Å². The van der Waals surface area contributed by atoms with Crippen LogP contribution in [0.3, 0.4) is 0 Å². The molecule has 0 aromatic heterocycles. The highest BCUT2D eigenvalue weighted by atomic mass is 16.2. The molecule has 1 fully saturated rings. The van der Waals surface area contributed by atoms with Gasteiger partial charge in [0.2, 0.25) is 0 Å². The lowest BCUT2D eigenvalue weighted by molar-refractivity contribution is 0.262. The van der Waals surface area contributed by atoms with Crippen LogP contribution >= 0.6 is 0 Å². The summed E-state index contributed by atoms with van der Waals surface area (Å²) in [6.45, 7) is 5.38. The van der Waals surface area contributed by atoms with E-state index in [1.807, 2.05) is 43.3 Å². The second-order valence-electron chi connectivity index (χ2n) is 6.13. The zero-order valence-electron chi connectivity index (χ0n) is 13.5. The summed E-state index contributed by atoms with van der Waals surface area (Å²) in [5.74, 6) is 0. The fraction of sp³-hybridized carbons (Fsp3) is 0.316. The van der Waals surface area contributed by atoms with E-state index in [1.54, 1.807) is 0 Å². The van der Waals surface area contributed by atoms with Crippen LogP contribution in [0.1, 0.15) is 24.0 Å². The van der Waals surface area contributed by atoms with Gasteiger partial charge in [-0.25, -0.2) is 4.79 Å². The minimum absolute atomic E-state index is 0.220. The lowest BCUT2D eigenvalue weighted by Gasteiger charge is -2.15.